The number of nitrogens with one attached hydrogen (secondary N) is 1. The second kappa shape index (κ2) is 8.09. The Morgan fingerprint density at radius 3 is 2.40 bits per heavy atom. The Labute approximate surface area is 157 Å². The van der Waals surface area contributed by atoms with Crippen LogP contribution < -0.4 is 5.32 Å². The van der Waals surface area contributed by atoms with E-state index in [2.05, 4.69) is 24.1 Å². The van der Waals surface area contributed by atoms with Crippen LogP contribution >= 0.6 is 11.6 Å². The number of amides is 1. The van der Waals surface area contributed by atoms with Gasteiger partial charge in [0.2, 0.25) is 5.91 Å². The number of benzene rings is 1. The first-order valence-corrected chi connectivity index (χ1v) is 10.1. The minimum absolute atomic E-state index is 0.190. The summed E-state index contributed by atoms with van der Waals surface area (Å²) in [6, 6.07) is 7.75. The molecular formula is C21H31ClN2O. The first-order valence-electron chi connectivity index (χ1n) is 9.76. The Morgan fingerprint density at radius 2 is 1.80 bits per heavy atom. The van der Waals surface area contributed by atoms with Gasteiger partial charge in [0.15, 0.2) is 0 Å². The second-order valence-corrected chi connectivity index (χ2v) is 8.69. The summed E-state index contributed by atoms with van der Waals surface area (Å²) >= 11 is 5.96. The first-order chi connectivity index (χ1) is 12.0. The molecule has 4 heteroatoms. The van der Waals surface area contributed by atoms with E-state index in [0.29, 0.717) is 0 Å². The molecule has 1 amide bonds. The number of rotatable bonds is 7. The first kappa shape index (κ1) is 18.7. The lowest BCUT2D eigenvalue weighted by molar-refractivity contribution is -0.123. The standard InChI is InChI=1S/C21H31ClN2O/c1-16-13-17(2)15-24(14-16)12-4-3-11-23-20(25)21(9-10-21)18-5-7-19(22)8-6-18/h5-8,16-17H,3-4,9-15H2,1-2H3,(H,23,25)/t16-,17-/m1/s1. The summed E-state index contributed by atoms with van der Waals surface area (Å²) in [6.07, 6.45) is 5.47. The third-order valence-electron chi connectivity index (χ3n) is 5.71. The fourth-order valence-corrected chi connectivity index (χ4v) is 4.47. The van der Waals surface area contributed by atoms with Crippen molar-refractivity contribution in [3.63, 3.8) is 0 Å². The zero-order valence-electron chi connectivity index (χ0n) is 15.6. The molecule has 0 spiro atoms. The molecule has 3 rings (SSSR count). The van der Waals surface area contributed by atoms with Gasteiger partial charge in [0, 0.05) is 24.7 Å². The molecule has 1 heterocycles. The summed E-state index contributed by atoms with van der Waals surface area (Å²) in [4.78, 5) is 15.2. The molecule has 138 valence electrons. The third-order valence-corrected chi connectivity index (χ3v) is 5.96. The van der Waals surface area contributed by atoms with Crippen LogP contribution in [0.3, 0.4) is 0 Å². The quantitative estimate of drug-likeness (QED) is 0.735. The van der Waals surface area contributed by atoms with E-state index in [1.54, 1.807) is 0 Å². The molecular weight excluding hydrogens is 332 g/mol. The van der Waals surface area contributed by atoms with Crippen molar-refractivity contribution in [2.24, 2.45) is 11.8 Å². The number of hydrogen-bond acceptors (Lipinski definition) is 2. The van der Waals surface area contributed by atoms with Crippen molar-refractivity contribution < 1.29 is 4.79 Å². The Kier molecular flexibility index (Phi) is 6.06. The Bertz CT molecular complexity index is 572. The Hall–Kier alpha value is -1.06. The number of piperidine rings is 1. The third kappa shape index (κ3) is 4.77. The Balaban J connectivity index is 1.38. The van der Waals surface area contributed by atoms with Gasteiger partial charge in [-0.1, -0.05) is 37.6 Å². The van der Waals surface area contributed by atoms with Crippen LogP contribution in [0.15, 0.2) is 24.3 Å². The second-order valence-electron chi connectivity index (χ2n) is 8.26. The van der Waals surface area contributed by atoms with Crippen molar-refractivity contribution in [2.45, 2.75) is 51.4 Å². The van der Waals surface area contributed by atoms with Crippen molar-refractivity contribution in [2.75, 3.05) is 26.2 Å². The highest BCUT2D eigenvalue weighted by molar-refractivity contribution is 6.30. The normalized spacial score (nSPS) is 25.6. The molecule has 1 aliphatic carbocycles. The molecule has 1 aliphatic heterocycles. The largest absolute Gasteiger partial charge is 0.355 e. The predicted molar refractivity (Wildman–Crippen MR) is 104 cm³/mol. The van der Waals surface area contributed by atoms with Crippen molar-refractivity contribution in [3.8, 4) is 0 Å². The van der Waals surface area contributed by atoms with Crippen LogP contribution in [0.5, 0.6) is 0 Å². The zero-order chi connectivity index (χ0) is 17.9. The van der Waals surface area contributed by atoms with Crippen LogP contribution in [0.4, 0.5) is 0 Å². The molecule has 1 aromatic rings. The van der Waals surface area contributed by atoms with Crippen LogP contribution in [0.2, 0.25) is 5.02 Å². The van der Waals surface area contributed by atoms with Gasteiger partial charge in [-0.3, -0.25) is 4.79 Å². The van der Waals surface area contributed by atoms with E-state index in [0.717, 1.165) is 61.2 Å². The summed E-state index contributed by atoms with van der Waals surface area (Å²) in [6.45, 7) is 9.12. The summed E-state index contributed by atoms with van der Waals surface area (Å²) in [5, 5.41) is 3.89. The maximum atomic E-state index is 12.6. The predicted octanol–water partition coefficient (Wildman–Crippen LogP) is 4.25. The highest BCUT2D eigenvalue weighted by atomic mass is 35.5. The molecule has 0 radical (unpaired) electrons. The van der Waals surface area contributed by atoms with Gasteiger partial charge < -0.3 is 10.2 Å². The molecule has 1 saturated heterocycles. The van der Waals surface area contributed by atoms with Gasteiger partial charge in [-0.15, -0.1) is 0 Å². The summed E-state index contributed by atoms with van der Waals surface area (Å²) in [5.41, 5.74) is 0.813. The van der Waals surface area contributed by atoms with Crippen LogP contribution in [-0.4, -0.2) is 37.0 Å². The number of likely N-dealkylation sites (tertiary alicyclic amines) is 1. The SMILES string of the molecule is C[C@@H]1C[C@@H](C)CN(CCCCNC(=O)C2(c3ccc(Cl)cc3)CC2)C1. The number of hydrogen-bond donors (Lipinski definition) is 1. The molecule has 3 nitrogen and oxygen atoms in total. The molecule has 1 aromatic carbocycles. The van der Waals surface area contributed by atoms with Crippen molar-refractivity contribution in [3.05, 3.63) is 34.9 Å². The molecule has 1 N–H and O–H groups in total. The summed E-state index contributed by atoms with van der Waals surface area (Å²) in [5.74, 6) is 1.82. The van der Waals surface area contributed by atoms with Gasteiger partial charge in [-0.2, -0.15) is 0 Å². The van der Waals surface area contributed by atoms with E-state index in [9.17, 15) is 4.79 Å². The molecule has 0 bridgehead atoms. The average Bonchev–Trinajstić information content (AvgIpc) is 3.36. The monoisotopic (exact) mass is 362 g/mol. The number of unbranched alkanes of at least 4 members (excludes halogenated alkanes) is 1. The van der Waals surface area contributed by atoms with E-state index in [-0.39, 0.29) is 11.3 Å². The van der Waals surface area contributed by atoms with Crippen LogP contribution in [-0.2, 0) is 10.2 Å². The van der Waals surface area contributed by atoms with E-state index < -0.39 is 0 Å². The van der Waals surface area contributed by atoms with Crippen molar-refractivity contribution >= 4 is 17.5 Å². The lowest BCUT2D eigenvalue weighted by atomic mass is 9.92. The van der Waals surface area contributed by atoms with E-state index >= 15 is 0 Å². The fourth-order valence-electron chi connectivity index (χ4n) is 4.35. The van der Waals surface area contributed by atoms with Gasteiger partial charge >= 0.3 is 0 Å². The maximum absolute atomic E-state index is 12.6. The number of carbonyl (C=O) groups excluding carboxylic acids is 1. The van der Waals surface area contributed by atoms with Crippen LogP contribution in [0, 0.1) is 11.8 Å². The number of carbonyl (C=O) groups is 1. The number of nitrogens with zero attached hydrogens (tertiary/aromatic N) is 1. The van der Waals surface area contributed by atoms with Gasteiger partial charge in [-0.25, -0.2) is 0 Å². The van der Waals surface area contributed by atoms with Gasteiger partial charge in [0.05, 0.1) is 5.41 Å². The fraction of sp³-hybridized carbons (Fsp3) is 0.667. The molecule has 0 unspecified atom stereocenters. The van der Waals surface area contributed by atoms with Crippen molar-refractivity contribution in [1.82, 2.24) is 10.2 Å². The van der Waals surface area contributed by atoms with Gasteiger partial charge in [0.25, 0.3) is 0 Å². The number of halogens is 1. The summed E-state index contributed by atoms with van der Waals surface area (Å²) < 4.78 is 0. The van der Waals surface area contributed by atoms with E-state index in [4.69, 9.17) is 11.6 Å². The molecule has 0 aromatic heterocycles. The summed E-state index contributed by atoms with van der Waals surface area (Å²) in [7, 11) is 0. The zero-order valence-corrected chi connectivity index (χ0v) is 16.3. The highest BCUT2D eigenvalue weighted by Crippen LogP contribution is 2.48. The molecule has 1 saturated carbocycles. The highest BCUT2D eigenvalue weighted by Gasteiger charge is 2.50. The lowest BCUT2D eigenvalue weighted by Crippen LogP contribution is -2.39. The molecule has 2 atom stereocenters. The smallest absolute Gasteiger partial charge is 0.230 e. The minimum atomic E-state index is -0.289. The average molecular weight is 363 g/mol. The van der Waals surface area contributed by atoms with Crippen LogP contribution in [0.1, 0.15) is 51.5 Å². The van der Waals surface area contributed by atoms with Gasteiger partial charge in [0.1, 0.15) is 0 Å². The van der Waals surface area contributed by atoms with Crippen LogP contribution in [0.25, 0.3) is 0 Å². The van der Waals surface area contributed by atoms with E-state index in [1.165, 1.54) is 19.5 Å². The molecule has 2 fully saturated rings. The van der Waals surface area contributed by atoms with Gasteiger partial charge in [-0.05, 0) is 68.2 Å². The lowest BCUT2D eigenvalue weighted by Gasteiger charge is -2.34. The molecule has 25 heavy (non-hydrogen) atoms. The molecule has 2 aliphatic rings. The topological polar surface area (TPSA) is 32.3 Å². The van der Waals surface area contributed by atoms with E-state index in [1.807, 2.05) is 24.3 Å². The Morgan fingerprint density at radius 1 is 1.16 bits per heavy atom. The minimum Gasteiger partial charge on any atom is -0.355 e. The van der Waals surface area contributed by atoms with Crippen molar-refractivity contribution in [1.29, 1.82) is 0 Å². The maximum Gasteiger partial charge on any atom is 0.230 e.